The maximum absolute atomic E-state index is 12.3. The number of amides is 3. The molecular weight excluding hydrogens is 306 g/mol. The first kappa shape index (κ1) is 16.6. The standard InChI is InChI=1S/C18H23N3O3/c19-14-3-1-2-12(9-14)17(23)20-15-6-4-11(5-7-15)8-13-10-16(22)21-18(13)24/h4-7,12-14H,1-3,8-10,19H2,(H,20,23)(H,21,22,24). The van der Waals surface area contributed by atoms with Crippen LogP contribution in [0.1, 0.15) is 37.7 Å². The lowest BCUT2D eigenvalue weighted by atomic mass is 9.85. The van der Waals surface area contributed by atoms with Gasteiger partial charge in [0.1, 0.15) is 0 Å². The third-order valence-electron chi connectivity index (χ3n) is 4.85. The SMILES string of the molecule is NC1CCCC(C(=O)Nc2ccc(CC3CC(=O)NC3=O)cc2)C1. The molecular formula is C18H23N3O3. The number of anilines is 1. The minimum absolute atomic E-state index is 0.0124. The zero-order valence-corrected chi connectivity index (χ0v) is 13.6. The van der Waals surface area contributed by atoms with Crippen LogP contribution in [0.3, 0.4) is 0 Å². The van der Waals surface area contributed by atoms with Crippen molar-refractivity contribution in [2.24, 2.45) is 17.6 Å². The Balaban J connectivity index is 1.55. The molecule has 1 aliphatic heterocycles. The second-order valence-electron chi connectivity index (χ2n) is 6.83. The second-order valence-corrected chi connectivity index (χ2v) is 6.83. The molecule has 0 spiro atoms. The Bertz CT molecular complexity index is 641. The third-order valence-corrected chi connectivity index (χ3v) is 4.85. The van der Waals surface area contributed by atoms with Gasteiger partial charge in [-0.1, -0.05) is 18.6 Å². The summed E-state index contributed by atoms with van der Waals surface area (Å²) in [5.74, 6) is -0.687. The van der Waals surface area contributed by atoms with Crippen molar-refractivity contribution in [3.05, 3.63) is 29.8 Å². The van der Waals surface area contributed by atoms with E-state index in [0.29, 0.717) is 6.42 Å². The van der Waals surface area contributed by atoms with Crippen LogP contribution >= 0.6 is 0 Å². The van der Waals surface area contributed by atoms with E-state index in [0.717, 1.165) is 36.9 Å². The van der Waals surface area contributed by atoms with Crippen molar-refractivity contribution in [1.82, 2.24) is 5.32 Å². The topological polar surface area (TPSA) is 101 Å². The molecule has 6 heteroatoms. The Morgan fingerprint density at radius 3 is 2.58 bits per heavy atom. The molecule has 2 aliphatic rings. The lowest BCUT2D eigenvalue weighted by Crippen LogP contribution is -2.34. The number of benzene rings is 1. The van der Waals surface area contributed by atoms with Gasteiger partial charge in [-0.15, -0.1) is 0 Å². The van der Waals surface area contributed by atoms with Crippen molar-refractivity contribution in [1.29, 1.82) is 0 Å². The van der Waals surface area contributed by atoms with Crippen molar-refractivity contribution in [3.63, 3.8) is 0 Å². The fourth-order valence-corrected chi connectivity index (χ4v) is 3.49. The Morgan fingerprint density at radius 2 is 1.96 bits per heavy atom. The fourth-order valence-electron chi connectivity index (χ4n) is 3.49. The highest BCUT2D eigenvalue weighted by atomic mass is 16.2. The average molecular weight is 329 g/mol. The molecule has 1 aromatic rings. The maximum atomic E-state index is 12.3. The molecule has 24 heavy (non-hydrogen) atoms. The summed E-state index contributed by atoms with van der Waals surface area (Å²) in [6, 6.07) is 7.57. The van der Waals surface area contributed by atoms with Crippen molar-refractivity contribution in [2.45, 2.75) is 44.6 Å². The summed E-state index contributed by atoms with van der Waals surface area (Å²) in [7, 11) is 0. The number of rotatable bonds is 4. The fraction of sp³-hybridized carbons (Fsp3) is 0.500. The van der Waals surface area contributed by atoms with E-state index in [1.807, 2.05) is 24.3 Å². The Hall–Kier alpha value is -2.21. The molecule has 3 atom stereocenters. The summed E-state index contributed by atoms with van der Waals surface area (Å²) in [6.45, 7) is 0. The molecule has 1 saturated carbocycles. The zero-order valence-electron chi connectivity index (χ0n) is 13.6. The van der Waals surface area contributed by atoms with Gasteiger partial charge in [0.25, 0.3) is 0 Å². The molecule has 2 fully saturated rings. The van der Waals surface area contributed by atoms with Gasteiger partial charge in [-0.3, -0.25) is 19.7 Å². The highest BCUT2D eigenvalue weighted by molar-refractivity contribution is 6.03. The summed E-state index contributed by atoms with van der Waals surface area (Å²) in [6.07, 6.45) is 4.41. The normalized spacial score (nSPS) is 27.0. The zero-order chi connectivity index (χ0) is 17.1. The van der Waals surface area contributed by atoms with E-state index >= 15 is 0 Å². The number of carbonyl (C=O) groups excluding carboxylic acids is 3. The molecule has 4 N–H and O–H groups in total. The molecule has 3 unspecified atom stereocenters. The Labute approximate surface area is 141 Å². The summed E-state index contributed by atoms with van der Waals surface area (Å²) in [5.41, 5.74) is 7.66. The van der Waals surface area contributed by atoms with Gasteiger partial charge in [-0.25, -0.2) is 0 Å². The molecule has 0 radical (unpaired) electrons. The van der Waals surface area contributed by atoms with Gasteiger partial charge in [-0.2, -0.15) is 0 Å². The van der Waals surface area contributed by atoms with Crippen LogP contribution < -0.4 is 16.4 Å². The molecule has 1 aliphatic carbocycles. The van der Waals surface area contributed by atoms with Crippen LogP contribution in [0.15, 0.2) is 24.3 Å². The monoisotopic (exact) mass is 329 g/mol. The minimum Gasteiger partial charge on any atom is -0.328 e. The van der Waals surface area contributed by atoms with E-state index in [1.54, 1.807) is 0 Å². The van der Waals surface area contributed by atoms with E-state index in [-0.39, 0.29) is 42.0 Å². The molecule has 0 bridgehead atoms. The van der Waals surface area contributed by atoms with E-state index < -0.39 is 0 Å². The summed E-state index contributed by atoms with van der Waals surface area (Å²) < 4.78 is 0. The predicted molar refractivity (Wildman–Crippen MR) is 90.0 cm³/mol. The largest absolute Gasteiger partial charge is 0.328 e. The van der Waals surface area contributed by atoms with Gasteiger partial charge in [-0.05, 0) is 43.4 Å². The molecule has 128 valence electrons. The van der Waals surface area contributed by atoms with E-state index in [4.69, 9.17) is 5.73 Å². The highest BCUT2D eigenvalue weighted by Crippen LogP contribution is 2.25. The Kier molecular flexibility index (Phi) is 4.94. The van der Waals surface area contributed by atoms with Crippen LogP contribution in [-0.4, -0.2) is 23.8 Å². The van der Waals surface area contributed by atoms with E-state index in [1.165, 1.54) is 0 Å². The van der Waals surface area contributed by atoms with Crippen LogP contribution in [0.4, 0.5) is 5.69 Å². The van der Waals surface area contributed by atoms with Crippen molar-refractivity contribution < 1.29 is 14.4 Å². The molecule has 6 nitrogen and oxygen atoms in total. The third kappa shape index (κ3) is 4.00. The number of imide groups is 1. The van der Waals surface area contributed by atoms with Gasteiger partial charge in [0.05, 0.1) is 5.92 Å². The first-order chi connectivity index (χ1) is 11.5. The average Bonchev–Trinajstić information content (AvgIpc) is 2.87. The molecule has 1 aromatic carbocycles. The number of nitrogens with two attached hydrogens (primary N) is 1. The summed E-state index contributed by atoms with van der Waals surface area (Å²) in [4.78, 5) is 35.1. The van der Waals surface area contributed by atoms with Crippen LogP contribution in [0.25, 0.3) is 0 Å². The quantitative estimate of drug-likeness (QED) is 0.726. The lowest BCUT2D eigenvalue weighted by Gasteiger charge is -2.25. The molecule has 3 rings (SSSR count). The summed E-state index contributed by atoms with van der Waals surface area (Å²) >= 11 is 0. The van der Waals surface area contributed by atoms with Gasteiger partial charge in [0.2, 0.25) is 17.7 Å². The first-order valence-electron chi connectivity index (χ1n) is 8.50. The molecule has 3 amide bonds. The van der Waals surface area contributed by atoms with Gasteiger partial charge < -0.3 is 11.1 Å². The van der Waals surface area contributed by atoms with E-state index in [9.17, 15) is 14.4 Å². The molecule has 1 saturated heterocycles. The second kappa shape index (κ2) is 7.13. The van der Waals surface area contributed by atoms with Crippen molar-refractivity contribution in [3.8, 4) is 0 Å². The molecule has 0 aromatic heterocycles. The highest BCUT2D eigenvalue weighted by Gasteiger charge is 2.30. The smallest absolute Gasteiger partial charge is 0.230 e. The molecule has 1 heterocycles. The van der Waals surface area contributed by atoms with Gasteiger partial charge in [0, 0.05) is 24.1 Å². The first-order valence-corrected chi connectivity index (χ1v) is 8.50. The van der Waals surface area contributed by atoms with Crippen LogP contribution in [0, 0.1) is 11.8 Å². The number of nitrogens with one attached hydrogen (secondary N) is 2. The summed E-state index contributed by atoms with van der Waals surface area (Å²) in [5, 5.41) is 5.26. The van der Waals surface area contributed by atoms with Crippen molar-refractivity contribution in [2.75, 3.05) is 5.32 Å². The number of hydrogen-bond acceptors (Lipinski definition) is 4. The number of carbonyl (C=O) groups is 3. The number of hydrogen-bond donors (Lipinski definition) is 3. The van der Waals surface area contributed by atoms with Gasteiger partial charge in [0.15, 0.2) is 0 Å². The van der Waals surface area contributed by atoms with Crippen molar-refractivity contribution >= 4 is 23.4 Å². The minimum atomic E-state index is -0.290. The van der Waals surface area contributed by atoms with Crippen LogP contribution in [0.2, 0.25) is 0 Å². The van der Waals surface area contributed by atoms with E-state index in [2.05, 4.69) is 10.6 Å². The Morgan fingerprint density at radius 1 is 1.21 bits per heavy atom. The predicted octanol–water partition coefficient (Wildman–Crippen LogP) is 1.35. The van der Waals surface area contributed by atoms with Gasteiger partial charge >= 0.3 is 0 Å². The van der Waals surface area contributed by atoms with Crippen LogP contribution in [-0.2, 0) is 20.8 Å². The van der Waals surface area contributed by atoms with Crippen LogP contribution in [0.5, 0.6) is 0 Å². The lowest BCUT2D eigenvalue weighted by molar-refractivity contribution is -0.126. The maximum Gasteiger partial charge on any atom is 0.230 e.